The summed E-state index contributed by atoms with van der Waals surface area (Å²) in [4.78, 5) is 21.4. The van der Waals surface area contributed by atoms with Gasteiger partial charge in [0.1, 0.15) is 6.04 Å². The van der Waals surface area contributed by atoms with Gasteiger partial charge in [0, 0.05) is 24.6 Å². The summed E-state index contributed by atoms with van der Waals surface area (Å²) in [5, 5.41) is 13.7. The molecule has 92 valence electrons. The molecule has 0 unspecified atom stereocenters. The van der Waals surface area contributed by atoms with Crippen molar-refractivity contribution in [3.8, 4) is 0 Å². The Hall–Kier alpha value is -1.21. The molecule has 0 aliphatic carbocycles. The van der Waals surface area contributed by atoms with Crippen LogP contribution in [0, 0.1) is 0 Å². The lowest BCUT2D eigenvalue weighted by Crippen LogP contribution is -2.37. The minimum absolute atomic E-state index is 0.261. The third-order valence-electron chi connectivity index (χ3n) is 1.55. The van der Waals surface area contributed by atoms with Crippen LogP contribution in [0.25, 0.3) is 0 Å². The van der Waals surface area contributed by atoms with Gasteiger partial charge in [0.2, 0.25) is 0 Å². The second-order valence-corrected chi connectivity index (χ2v) is 4.09. The van der Waals surface area contributed by atoms with Crippen molar-refractivity contribution in [2.24, 2.45) is 5.73 Å². The van der Waals surface area contributed by atoms with Crippen LogP contribution in [0.4, 0.5) is 4.79 Å². The molecule has 0 radical (unpaired) electrons. The molecule has 0 fully saturated rings. The fourth-order valence-electron chi connectivity index (χ4n) is 0.746. The van der Waals surface area contributed by atoms with Crippen molar-refractivity contribution < 1.29 is 14.7 Å². The van der Waals surface area contributed by atoms with Crippen LogP contribution in [0.1, 0.15) is 0 Å². The van der Waals surface area contributed by atoms with E-state index in [0.29, 0.717) is 24.6 Å². The maximum Gasteiger partial charge on any atom is 0.321 e. The van der Waals surface area contributed by atoms with Gasteiger partial charge < -0.3 is 21.5 Å². The highest BCUT2D eigenvalue weighted by Gasteiger charge is 2.10. The number of aliphatic carboxylic acids is 1. The van der Waals surface area contributed by atoms with Gasteiger partial charge in [0.15, 0.2) is 0 Å². The number of hydrogen-bond acceptors (Lipinski definition) is 4. The van der Waals surface area contributed by atoms with Crippen molar-refractivity contribution in [2.45, 2.75) is 6.04 Å². The van der Waals surface area contributed by atoms with Crippen molar-refractivity contribution in [2.75, 3.05) is 24.6 Å². The first kappa shape index (κ1) is 14.8. The van der Waals surface area contributed by atoms with E-state index in [1.165, 1.54) is 11.8 Å². The first-order chi connectivity index (χ1) is 7.57. The Labute approximate surface area is 98.6 Å². The van der Waals surface area contributed by atoms with Gasteiger partial charge in [-0.25, -0.2) is 4.79 Å². The number of thioether (sulfide) groups is 1. The zero-order valence-electron chi connectivity index (χ0n) is 8.94. The molecule has 0 rings (SSSR count). The lowest BCUT2D eigenvalue weighted by molar-refractivity contribution is -0.137. The van der Waals surface area contributed by atoms with E-state index in [4.69, 9.17) is 10.8 Å². The summed E-state index contributed by atoms with van der Waals surface area (Å²) in [6.45, 7) is 4.35. The number of nitrogens with one attached hydrogen (secondary N) is 2. The van der Waals surface area contributed by atoms with Crippen molar-refractivity contribution in [1.82, 2.24) is 10.6 Å². The third-order valence-corrected chi connectivity index (χ3v) is 2.64. The molecule has 0 aromatic carbocycles. The lowest BCUT2D eigenvalue weighted by Gasteiger charge is -2.07. The number of carbonyl (C=O) groups excluding carboxylic acids is 1. The van der Waals surface area contributed by atoms with Gasteiger partial charge in [-0.05, 0) is 0 Å². The molecule has 5 N–H and O–H groups in total. The molecule has 0 spiro atoms. The Balaban J connectivity index is 3.36. The van der Waals surface area contributed by atoms with Gasteiger partial charge in [-0.2, -0.15) is 11.8 Å². The zero-order valence-corrected chi connectivity index (χ0v) is 9.76. The van der Waals surface area contributed by atoms with Crippen molar-refractivity contribution >= 4 is 23.8 Å². The van der Waals surface area contributed by atoms with Crippen molar-refractivity contribution in [3.63, 3.8) is 0 Å². The fourth-order valence-corrected chi connectivity index (χ4v) is 1.56. The number of carboxylic acid groups (broad SMARTS) is 1. The van der Waals surface area contributed by atoms with E-state index < -0.39 is 12.0 Å². The van der Waals surface area contributed by atoms with Gasteiger partial charge in [-0.15, -0.1) is 6.58 Å². The third kappa shape index (κ3) is 8.13. The highest BCUT2D eigenvalue weighted by molar-refractivity contribution is 7.99. The van der Waals surface area contributed by atoms with E-state index in [2.05, 4.69) is 17.2 Å². The van der Waals surface area contributed by atoms with Crippen LogP contribution in [0.2, 0.25) is 0 Å². The van der Waals surface area contributed by atoms with E-state index in [0.717, 1.165) is 0 Å². The monoisotopic (exact) mass is 247 g/mol. The van der Waals surface area contributed by atoms with Crippen LogP contribution in [0.5, 0.6) is 0 Å². The Morgan fingerprint density at radius 2 is 2.19 bits per heavy atom. The Morgan fingerprint density at radius 1 is 1.50 bits per heavy atom. The average Bonchev–Trinajstić information content (AvgIpc) is 2.25. The predicted octanol–water partition coefficient (Wildman–Crippen LogP) is -0.383. The normalized spacial score (nSPS) is 11.6. The largest absolute Gasteiger partial charge is 0.480 e. The van der Waals surface area contributed by atoms with Crippen LogP contribution in [-0.4, -0.2) is 47.7 Å². The fraction of sp³-hybridized carbons (Fsp3) is 0.556. The molecule has 0 aliphatic rings. The number of hydrogen-bond donors (Lipinski definition) is 4. The summed E-state index contributed by atoms with van der Waals surface area (Å²) in [7, 11) is 0. The van der Waals surface area contributed by atoms with E-state index in [9.17, 15) is 9.59 Å². The molecule has 0 saturated heterocycles. The smallest absolute Gasteiger partial charge is 0.321 e. The number of rotatable bonds is 8. The molecule has 16 heavy (non-hydrogen) atoms. The van der Waals surface area contributed by atoms with Gasteiger partial charge in [-0.1, -0.05) is 6.08 Å². The SMILES string of the molecule is C=CCNC(=O)NCCSC[C@@H](N)C(=O)O. The van der Waals surface area contributed by atoms with E-state index in [-0.39, 0.29) is 6.03 Å². The summed E-state index contributed by atoms with van der Waals surface area (Å²) in [5.74, 6) is -0.0440. The molecule has 2 amide bonds. The summed E-state index contributed by atoms with van der Waals surface area (Å²) in [6.07, 6.45) is 1.58. The quantitative estimate of drug-likeness (QED) is 0.345. The Bertz CT molecular complexity index is 248. The predicted molar refractivity (Wildman–Crippen MR) is 64.5 cm³/mol. The maximum absolute atomic E-state index is 11.0. The minimum Gasteiger partial charge on any atom is -0.480 e. The molecule has 0 saturated carbocycles. The van der Waals surface area contributed by atoms with E-state index >= 15 is 0 Å². The molecule has 0 heterocycles. The molecule has 0 aliphatic heterocycles. The van der Waals surface area contributed by atoms with Crippen LogP contribution >= 0.6 is 11.8 Å². The molecule has 0 aromatic rings. The standard InChI is InChI=1S/C9H17N3O3S/c1-2-3-11-9(15)12-4-5-16-6-7(10)8(13)14/h2,7H,1,3-6,10H2,(H,13,14)(H2,11,12,15)/t7-/m1/s1. The number of carbonyl (C=O) groups is 2. The number of carboxylic acids is 1. The van der Waals surface area contributed by atoms with Gasteiger partial charge in [0.25, 0.3) is 0 Å². The van der Waals surface area contributed by atoms with Gasteiger partial charge in [-0.3, -0.25) is 4.79 Å². The van der Waals surface area contributed by atoms with Crippen LogP contribution in [0.15, 0.2) is 12.7 Å². The highest BCUT2D eigenvalue weighted by Crippen LogP contribution is 2.00. The Morgan fingerprint density at radius 3 is 2.75 bits per heavy atom. The molecular formula is C9H17N3O3S. The number of amides is 2. The molecule has 0 aromatic heterocycles. The lowest BCUT2D eigenvalue weighted by atomic mass is 10.4. The number of urea groups is 1. The highest BCUT2D eigenvalue weighted by atomic mass is 32.2. The molecule has 1 atom stereocenters. The first-order valence-electron chi connectivity index (χ1n) is 4.76. The van der Waals surface area contributed by atoms with Crippen molar-refractivity contribution in [1.29, 1.82) is 0 Å². The van der Waals surface area contributed by atoms with E-state index in [1.807, 2.05) is 0 Å². The first-order valence-corrected chi connectivity index (χ1v) is 5.92. The minimum atomic E-state index is -1.01. The molecule has 6 nitrogen and oxygen atoms in total. The Kier molecular flexibility index (Phi) is 8.36. The van der Waals surface area contributed by atoms with Crippen LogP contribution in [0.3, 0.4) is 0 Å². The van der Waals surface area contributed by atoms with E-state index in [1.54, 1.807) is 6.08 Å². The van der Waals surface area contributed by atoms with Crippen LogP contribution < -0.4 is 16.4 Å². The molecule has 0 bridgehead atoms. The topological polar surface area (TPSA) is 104 Å². The maximum atomic E-state index is 11.0. The summed E-state index contributed by atoms with van der Waals surface area (Å²) < 4.78 is 0. The van der Waals surface area contributed by atoms with Crippen LogP contribution in [-0.2, 0) is 4.79 Å². The second kappa shape index (κ2) is 9.05. The second-order valence-electron chi connectivity index (χ2n) is 2.95. The zero-order chi connectivity index (χ0) is 12.4. The summed E-state index contributed by atoms with van der Waals surface area (Å²) >= 11 is 1.39. The van der Waals surface area contributed by atoms with Crippen molar-refractivity contribution in [3.05, 3.63) is 12.7 Å². The molecular weight excluding hydrogens is 230 g/mol. The summed E-state index contributed by atoms with van der Waals surface area (Å²) in [6, 6.07) is -1.11. The summed E-state index contributed by atoms with van der Waals surface area (Å²) in [5.41, 5.74) is 5.29. The average molecular weight is 247 g/mol. The number of nitrogens with two attached hydrogens (primary N) is 1. The molecule has 7 heteroatoms. The van der Waals surface area contributed by atoms with Gasteiger partial charge in [0.05, 0.1) is 0 Å². The van der Waals surface area contributed by atoms with Gasteiger partial charge >= 0.3 is 12.0 Å².